The topological polar surface area (TPSA) is 32.7 Å². The molecule has 2 aliphatic rings. The van der Waals surface area contributed by atoms with Gasteiger partial charge in [-0.1, -0.05) is 43.2 Å². The minimum atomic E-state index is 0.110. The molecule has 1 fully saturated rings. The molecule has 0 radical (unpaired) electrons. The third kappa shape index (κ3) is 2.05. The lowest BCUT2D eigenvalue weighted by molar-refractivity contribution is -0.137. The number of hydrogen-bond donors (Lipinski definition) is 0. The van der Waals surface area contributed by atoms with Crippen LogP contribution in [0.4, 0.5) is 0 Å². The predicted molar refractivity (Wildman–Crippen MR) is 71.1 cm³/mol. The van der Waals surface area contributed by atoms with Crippen LogP contribution in [0.2, 0.25) is 0 Å². The Kier molecular flexibility index (Phi) is 3.13. The van der Waals surface area contributed by atoms with Crippen LogP contribution in [0.25, 0.3) is 0 Å². The third-order valence-electron chi connectivity index (χ3n) is 3.94. The highest BCUT2D eigenvalue weighted by Crippen LogP contribution is 2.33. The zero-order valence-electron chi connectivity index (χ0n) is 10.5. The predicted octanol–water partition coefficient (Wildman–Crippen LogP) is 3.14. The second-order valence-electron chi connectivity index (χ2n) is 5.12. The average Bonchev–Trinajstić information content (AvgIpc) is 3.10. The Labute approximate surface area is 107 Å². The van der Waals surface area contributed by atoms with Crippen molar-refractivity contribution in [1.82, 2.24) is 5.01 Å². The fourth-order valence-corrected chi connectivity index (χ4v) is 2.94. The first-order valence-electron chi connectivity index (χ1n) is 6.77. The smallest absolute Gasteiger partial charge is 0.246 e. The monoisotopic (exact) mass is 242 g/mol. The quantitative estimate of drug-likeness (QED) is 0.784. The lowest BCUT2D eigenvalue weighted by atomic mass is 10.0. The Bertz CT molecular complexity index is 449. The summed E-state index contributed by atoms with van der Waals surface area (Å²) in [7, 11) is 0. The fourth-order valence-electron chi connectivity index (χ4n) is 2.94. The van der Waals surface area contributed by atoms with E-state index in [0.29, 0.717) is 0 Å². The van der Waals surface area contributed by atoms with E-state index in [9.17, 15) is 4.79 Å². The van der Waals surface area contributed by atoms with Crippen molar-refractivity contribution in [2.24, 2.45) is 11.0 Å². The Hall–Kier alpha value is -1.64. The number of rotatable bonds is 2. The van der Waals surface area contributed by atoms with Gasteiger partial charge in [-0.15, -0.1) is 0 Å². The molecular weight excluding hydrogens is 224 g/mol. The molecule has 1 aromatic rings. The van der Waals surface area contributed by atoms with Crippen LogP contribution in [0, 0.1) is 5.92 Å². The third-order valence-corrected chi connectivity index (χ3v) is 3.94. The second-order valence-corrected chi connectivity index (χ2v) is 5.12. The maximum Gasteiger partial charge on any atom is 0.246 e. The van der Waals surface area contributed by atoms with E-state index in [0.717, 1.165) is 19.3 Å². The van der Waals surface area contributed by atoms with Crippen LogP contribution < -0.4 is 0 Å². The largest absolute Gasteiger partial charge is 0.273 e. The number of benzene rings is 1. The molecule has 1 amide bonds. The number of carbonyl (C=O) groups is 1. The molecular formula is C15H18N2O. The molecule has 1 aliphatic carbocycles. The lowest BCUT2D eigenvalue weighted by Crippen LogP contribution is -2.31. The summed E-state index contributed by atoms with van der Waals surface area (Å²) < 4.78 is 0. The highest BCUT2D eigenvalue weighted by molar-refractivity contribution is 5.82. The van der Waals surface area contributed by atoms with Crippen molar-refractivity contribution in [3.63, 3.8) is 0 Å². The van der Waals surface area contributed by atoms with Gasteiger partial charge in [-0.25, -0.2) is 5.01 Å². The summed E-state index contributed by atoms with van der Waals surface area (Å²) in [6.07, 6.45) is 7.14. The van der Waals surface area contributed by atoms with Crippen LogP contribution in [0.5, 0.6) is 0 Å². The van der Waals surface area contributed by atoms with E-state index >= 15 is 0 Å². The van der Waals surface area contributed by atoms with Gasteiger partial charge in [0.05, 0.1) is 6.04 Å². The summed E-state index contributed by atoms with van der Waals surface area (Å²) in [4.78, 5) is 12.4. The molecule has 1 atom stereocenters. The number of hydrazone groups is 1. The van der Waals surface area contributed by atoms with Crippen molar-refractivity contribution in [2.75, 3.05) is 0 Å². The minimum Gasteiger partial charge on any atom is -0.273 e. The van der Waals surface area contributed by atoms with Gasteiger partial charge in [-0.3, -0.25) is 4.79 Å². The van der Waals surface area contributed by atoms with Gasteiger partial charge in [0.15, 0.2) is 0 Å². The van der Waals surface area contributed by atoms with Crippen molar-refractivity contribution in [1.29, 1.82) is 0 Å². The van der Waals surface area contributed by atoms with Gasteiger partial charge in [0, 0.05) is 18.6 Å². The molecule has 1 aliphatic heterocycles. The maximum atomic E-state index is 12.4. The molecule has 3 nitrogen and oxygen atoms in total. The Morgan fingerprint density at radius 2 is 1.89 bits per heavy atom. The first-order valence-corrected chi connectivity index (χ1v) is 6.77. The summed E-state index contributed by atoms with van der Waals surface area (Å²) in [5.74, 6) is 0.418. The molecule has 0 spiro atoms. The summed E-state index contributed by atoms with van der Waals surface area (Å²) >= 11 is 0. The van der Waals surface area contributed by atoms with E-state index in [2.05, 4.69) is 17.2 Å². The molecule has 1 heterocycles. The van der Waals surface area contributed by atoms with Crippen molar-refractivity contribution in [2.45, 2.75) is 38.1 Å². The first-order chi connectivity index (χ1) is 8.86. The van der Waals surface area contributed by atoms with E-state index in [1.165, 1.54) is 18.4 Å². The highest BCUT2D eigenvalue weighted by atomic mass is 16.2. The van der Waals surface area contributed by atoms with Crippen molar-refractivity contribution in [3.05, 3.63) is 35.9 Å². The average molecular weight is 242 g/mol. The van der Waals surface area contributed by atoms with Crippen molar-refractivity contribution >= 4 is 12.1 Å². The maximum absolute atomic E-state index is 12.4. The van der Waals surface area contributed by atoms with Crippen LogP contribution in [0.15, 0.2) is 35.4 Å². The zero-order chi connectivity index (χ0) is 12.4. The first kappa shape index (κ1) is 11.5. The summed E-state index contributed by atoms with van der Waals surface area (Å²) in [5, 5.41) is 6.01. The van der Waals surface area contributed by atoms with Crippen LogP contribution in [0.1, 0.15) is 43.7 Å². The second kappa shape index (κ2) is 4.92. The molecule has 0 aromatic heterocycles. The van der Waals surface area contributed by atoms with Gasteiger partial charge < -0.3 is 0 Å². The van der Waals surface area contributed by atoms with Crippen LogP contribution in [-0.2, 0) is 4.79 Å². The van der Waals surface area contributed by atoms with Gasteiger partial charge in [0.2, 0.25) is 5.91 Å². The van der Waals surface area contributed by atoms with E-state index in [1.807, 2.05) is 24.4 Å². The van der Waals surface area contributed by atoms with Gasteiger partial charge in [-0.2, -0.15) is 5.10 Å². The number of amides is 1. The molecule has 1 saturated carbocycles. The standard InChI is InChI=1S/C15H18N2O/c18-15(13-8-4-5-9-13)17-14(10-11-16-17)12-6-2-1-3-7-12/h1-3,6-7,11,13-14H,4-5,8-10H2. The molecule has 0 saturated heterocycles. The van der Waals surface area contributed by atoms with Gasteiger partial charge in [0.1, 0.15) is 0 Å². The number of nitrogens with zero attached hydrogens (tertiary/aromatic N) is 2. The molecule has 0 N–H and O–H groups in total. The Morgan fingerprint density at radius 3 is 2.61 bits per heavy atom. The zero-order valence-corrected chi connectivity index (χ0v) is 10.5. The normalized spacial score (nSPS) is 23.8. The van der Waals surface area contributed by atoms with Gasteiger partial charge >= 0.3 is 0 Å². The van der Waals surface area contributed by atoms with Crippen LogP contribution in [-0.4, -0.2) is 17.1 Å². The number of hydrogen-bond acceptors (Lipinski definition) is 2. The molecule has 3 rings (SSSR count). The fraction of sp³-hybridized carbons (Fsp3) is 0.467. The molecule has 94 valence electrons. The minimum absolute atomic E-state index is 0.110. The lowest BCUT2D eigenvalue weighted by Gasteiger charge is -2.24. The molecule has 18 heavy (non-hydrogen) atoms. The summed E-state index contributed by atoms with van der Waals surface area (Å²) in [5.41, 5.74) is 1.18. The molecule has 1 unspecified atom stereocenters. The van der Waals surface area contributed by atoms with Gasteiger partial charge in [-0.05, 0) is 18.4 Å². The van der Waals surface area contributed by atoms with Crippen molar-refractivity contribution in [3.8, 4) is 0 Å². The van der Waals surface area contributed by atoms with Crippen LogP contribution in [0.3, 0.4) is 0 Å². The molecule has 1 aromatic carbocycles. The summed E-state index contributed by atoms with van der Waals surface area (Å²) in [6, 6.07) is 10.3. The van der Waals surface area contributed by atoms with Crippen LogP contribution >= 0.6 is 0 Å². The van der Waals surface area contributed by atoms with Crippen molar-refractivity contribution < 1.29 is 4.79 Å². The van der Waals surface area contributed by atoms with E-state index in [1.54, 1.807) is 5.01 Å². The molecule has 3 heteroatoms. The Balaban J connectivity index is 1.78. The molecule has 0 bridgehead atoms. The van der Waals surface area contributed by atoms with Gasteiger partial charge in [0.25, 0.3) is 0 Å². The highest BCUT2D eigenvalue weighted by Gasteiger charge is 2.33. The van der Waals surface area contributed by atoms with E-state index in [4.69, 9.17) is 0 Å². The summed E-state index contributed by atoms with van der Waals surface area (Å²) in [6.45, 7) is 0. The number of carbonyl (C=O) groups excluding carboxylic acids is 1. The SMILES string of the molecule is O=C(C1CCCC1)N1N=CCC1c1ccccc1. The Morgan fingerprint density at radius 1 is 1.17 bits per heavy atom. The van der Waals surface area contributed by atoms with E-state index in [-0.39, 0.29) is 17.9 Å². The van der Waals surface area contributed by atoms with E-state index < -0.39 is 0 Å².